The van der Waals surface area contributed by atoms with E-state index in [1.54, 1.807) is 18.3 Å². The average molecular weight is 220 g/mol. The molecule has 2 aromatic rings. The van der Waals surface area contributed by atoms with Gasteiger partial charge in [-0.3, -0.25) is 4.79 Å². The van der Waals surface area contributed by atoms with Crippen molar-refractivity contribution in [1.29, 1.82) is 0 Å². The molecule has 5 nitrogen and oxygen atoms in total. The van der Waals surface area contributed by atoms with Gasteiger partial charge in [-0.2, -0.15) is 0 Å². The van der Waals surface area contributed by atoms with Crippen LogP contribution in [0.1, 0.15) is 5.56 Å². The first kappa shape index (κ1) is 10.5. The van der Waals surface area contributed by atoms with Gasteiger partial charge in [-0.15, -0.1) is 0 Å². The summed E-state index contributed by atoms with van der Waals surface area (Å²) in [6.45, 7) is 0. The Kier molecular flexibility index (Phi) is 2.54. The van der Waals surface area contributed by atoms with Gasteiger partial charge in [0.25, 0.3) is 0 Å². The molecular weight excluding hydrogens is 208 g/mol. The second-order valence-electron chi connectivity index (χ2n) is 3.65. The summed E-state index contributed by atoms with van der Waals surface area (Å²) in [5, 5.41) is 19.2. The number of aromatic hydroxyl groups is 1. The summed E-state index contributed by atoms with van der Waals surface area (Å²) in [6.07, 6.45) is 1.84. The first-order valence-electron chi connectivity index (χ1n) is 4.86. The highest BCUT2D eigenvalue weighted by molar-refractivity contribution is 5.86. The second-order valence-corrected chi connectivity index (χ2v) is 3.65. The molecule has 1 aromatic heterocycles. The molecule has 84 valence electrons. The lowest BCUT2D eigenvalue weighted by Gasteiger charge is -2.09. The van der Waals surface area contributed by atoms with Gasteiger partial charge >= 0.3 is 5.97 Å². The van der Waals surface area contributed by atoms with Crippen LogP contribution >= 0.6 is 0 Å². The van der Waals surface area contributed by atoms with Gasteiger partial charge in [0, 0.05) is 29.1 Å². The predicted molar refractivity (Wildman–Crippen MR) is 59.3 cm³/mol. The summed E-state index contributed by atoms with van der Waals surface area (Å²) in [5.74, 6) is -1.00. The van der Waals surface area contributed by atoms with Crippen LogP contribution in [-0.4, -0.2) is 27.2 Å². The van der Waals surface area contributed by atoms with Crippen molar-refractivity contribution in [2.24, 2.45) is 5.73 Å². The van der Waals surface area contributed by atoms with Crippen molar-refractivity contribution >= 4 is 16.9 Å². The van der Waals surface area contributed by atoms with Crippen LogP contribution in [0, 0.1) is 0 Å². The number of phenolic OH excluding ortho intramolecular Hbond substituents is 1. The maximum atomic E-state index is 10.7. The van der Waals surface area contributed by atoms with Crippen LogP contribution in [0.15, 0.2) is 24.4 Å². The quantitative estimate of drug-likeness (QED) is 0.615. The number of fused-ring (bicyclic) bond motifs is 1. The summed E-state index contributed by atoms with van der Waals surface area (Å²) in [7, 11) is 0. The van der Waals surface area contributed by atoms with E-state index in [-0.39, 0.29) is 12.2 Å². The summed E-state index contributed by atoms with van der Waals surface area (Å²) in [6, 6.07) is 4.05. The van der Waals surface area contributed by atoms with Gasteiger partial charge in [-0.25, -0.2) is 0 Å². The Morgan fingerprint density at radius 2 is 2.19 bits per heavy atom. The number of hydrogen-bond donors (Lipinski definition) is 4. The lowest BCUT2D eigenvalue weighted by atomic mass is 10.0. The minimum atomic E-state index is -1.08. The van der Waals surface area contributed by atoms with Crippen molar-refractivity contribution in [3.8, 4) is 5.75 Å². The Balaban J connectivity index is 2.45. The molecule has 0 saturated carbocycles. The van der Waals surface area contributed by atoms with E-state index in [0.29, 0.717) is 5.56 Å². The lowest BCUT2D eigenvalue weighted by molar-refractivity contribution is -0.138. The van der Waals surface area contributed by atoms with E-state index in [2.05, 4.69) is 4.98 Å². The van der Waals surface area contributed by atoms with Gasteiger partial charge in [-0.1, -0.05) is 0 Å². The van der Waals surface area contributed by atoms with Gasteiger partial charge < -0.3 is 20.9 Å². The number of benzene rings is 1. The third kappa shape index (κ3) is 1.72. The standard InChI is InChI=1S/C11H12N2O3/c12-8(11(15)16)5-7-6-3-4-13-9(6)1-2-10(7)14/h1-4,8,13-14H,5,12H2,(H,15,16). The minimum Gasteiger partial charge on any atom is -0.508 e. The SMILES string of the molecule is NC(Cc1c(O)ccc2[nH]ccc12)C(=O)O. The van der Waals surface area contributed by atoms with Crippen molar-refractivity contribution in [1.82, 2.24) is 4.98 Å². The molecule has 1 aromatic carbocycles. The number of nitrogens with two attached hydrogens (primary N) is 1. The van der Waals surface area contributed by atoms with Crippen LogP contribution < -0.4 is 5.73 Å². The summed E-state index contributed by atoms with van der Waals surface area (Å²) >= 11 is 0. The number of carboxylic acids is 1. The number of hydrogen-bond acceptors (Lipinski definition) is 3. The molecule has 2 rings (SSSR count). The Labute approximate surface area is 91.5 Å². The van der Waals surface area contributed by atoms with Crippen molar-refractivity contribution < 1.29 is 15.0 Å². The zero-order chi connectivity index (χ0) is 11.7. The van der Waals surface area contributed by atoms with Crippen molar-refractivity contribution in [2.45, 2.75) is 12.5 Å². The predicted octanol–water partition coefficient (Wildman–Crippen LogP) is 0.828. The van der Waals surface area contributed by atoms with E-state index in [9.17, 15) is 9.90 Å². The molecule has 0 aliphatic heterocycles. The average Bonchev–Trinajstić information content (AvgIpc) is 2.70. The summed E-state index contributed by atoms with van der Waals surface area (Å²) < 4.78 is 0. The van der Waals surface area contributed by atoms with Crippen molar-refractivity contribution in [2.75, 3.05) is 0 Å². The molecule has 5 heteroatoms. The van der Waals surface area contributed by atoms with Crippen LogP contribution in [0.3, 0.4) is 0 Å². The van der Waals surface area contributed by atoms with Crippen LogP contribution in [0.2, 0.25) is 0 Å². The number of carboxylic acid groups (broad SMARTS) is 1. The van der Waals surface area contributed by atoms with E-state index in [1.165, 1.54) is 6.07 Å². The van der Waals surface area contributed by atoms with Crippen LogP contribution in [0.5, 0.6) is 5.75 Å². The highest BCUT2D eigenvalue weighted by Gasteiger charge is 2.16. The number of aromatic amines is 1. The van der Waals surface area contributed by atoms with Crippen LogP contribution in [0.25, 0.3) is 10.9 Å². The highest BCUT2D eigenvalue weighted by Crippen LogP contribution is 2.27. The fraction of sp³-hybridized carbons (Fsp3) is 0.182. The third-order valence-corrected chi connectivity index (χ3v) is 2.56. The molecular formula is C11H12N2O3. The van der Waals surface area contributed by atoms with E-state index in [4.69, 9.17) is 10.8 Å². The Morgan fingerprint density at radius 3 is 2.88 bits per heavy atom. The lowest BCUT2D eigenvalue weighted by Crippen LogP contribution is -2.32. The number of aromatic nitrogens is 1. The monoisotopic (exact) mass is 220 g/mol. The van der Waals surface area contributed by atoms with Gasteiger partial charge in [0.15, 0.2) is 0 Å². The number of carbonyl (C=O) groups is 1. The number of H-pyrrole nitrogens is 1. The molecule has 0 aliphatic rings. The summed E-state index contributed by atoms with van der Waals surface area (Å²) in [4.78, 5) is 13.7. The smallest absolute Gasteiger partial charge is 0.320 e. The molecule has 1 heterocycles. The zero-order valence-electron chi connectivity index (χ0n) is 8.47. The Hall–Kier alpha value is -2.01. The second kappa shape index (κ2) is 3.86. The Morgan fingerprint density at radius 1 is 1.44 bits per heavy atom. The van der Waals surface area contributed by atoms with Crippen LogP contribution in [-0.2, 0) is 11.2 Å². The highest BCUT2D eigenvalue weighted by atomic mass is 16.4. The topological polar surface area (TPSA) is 99.3 Å². The first-order chi connectivity index (χ1) is 7.59. The molecule has 0 spiro atoms. The van der Waals surface area contributed by atoms with Gasteiger partial charge in [-0.05, 0) is 18.2 Å². The number of phenols is 1. The maximum Gasteiger partial charge on any atom is 0.320 e. The molecule has 0 saturated heterocycles. The molecule has 0 aliphatic carbocycles. The van der Waals surface area contributed by atoms with Crippen LogP contribution in [0.4, 0.5) is 0 Å². The van der Waals surface area contributed by atoms with E-state index >= 15 is 0 Å². The Bertz CT molecular complexity index is 533. The molecule has 0 fully saturated rings. The fourth-order valence-electron chi connectivity index (χ4n) is 1.71. The molecule has 1 unspecified atom stereocenters. The van der Waals surface area contributed by atoms with E-state index < -0.39 is 12.0 Å². The number of nitrogens with one attached hydrogen (secondary N) is 1. The molecule has 16 heavy (non-hydrogen) atoms. The molecule has 0 bridgehead atoms. The fourth-order valence-corrected chi connectivity index (χ4v) is 1.71. The van der Waals surface area contributed by atoms with E-state index in [1.807, 2.05) is 0 Å². The molecule has 5 N–H and O–H groups in total. The molecule has 1 atom stereocenters. The molecule has 0 amide bonds. The van der Waals surface area contributed by atoms with E-state index in [0.717, 1.165) is 10.9 Å². The van der Waals surface area contributed by atoms with Crippen molar-refractivity contribution in [3.05, 3.63) is 30.0 Å². The van der Waals surface area contributed by atoms with Gasteiger partial charge in [0.2, 0.25) is 0 Å². The van der Waals surface area contributed by atoms with Gasteiger partial charge in [0.1, 0.15) is 11.8 Å². The first-order valence-corrected chi connectivity index (χ1v) is 4.86. The third-order valence-electron chi connectivity index (χ3n) is 2.56. The molecule has 0 radical (unpaired) electrons. The zero-order valence-corrected chi connectivity index (χ0v) is 8.47. The number of aliphatic carboxylic acids is 1. The van der Waals surface area contributed by atoms with Gasteiger partial charge in [0.05, 0.1) is 0 Å². The summed E-state index contributed by atoms with van der Waals surface area (Å²) in [5.41, 5.74) is 6.87. The van der Waals surface area contributed by atoms with Crippen molar-refractivity contribution in [3.63, 3.8) is 0 Å². The minimum absolute atomic E-state index is 0.0730. The maximum absolute atomic E-state index is 10.7. The number of rotatable bonds is 3. The largest absolute Gasteiger partial charge is 0.508 e. The normalized spacial score (nSPS) is 12.8.